The molecule has 1 aliphatic heterocycles. The Kier molecular flexibility index (Phi) is 6.79. The number of thiocarbonyl (C=S) groups is 1. The van der Waals surface area contributed by atoms with Gasteiger partial charge in [-0.3, -0.25) is 9.69 Å². The van der Waals surface area contributed by atoms with Gasteiger partial charge in [0.05, 0.1) is 23.7 Å². The molecule has 0 spiro atoms. The molecule has 1 aliphatic rings. The van der Waals surface area contributed by atoms with E-state index in [1.165, 1.54) is 11.8 Å². The number of hydrogen-bond acceptors (Lipinski definition) is 5. The van der Waals surface area contributed by atoms with E-state index in [9.17, 15) is 4.79 Å². The molecule has 7 heteroatoms. The highest BCUT2D eigenvalue weighted by Crippen LogP contribution is 2.36. The van der Waals surface area contributed by atoms with Crippen molar-refractivity contribution in [1.29, 1.82) is 0 Å². The van der Waals surface area contributed by atoms with E-state index in [2.05, 4.69) is 0 Å². The Morgan fingerprint density at radius 1 is 1.00 bits per heavy atom. The molecule has 0 radical (unpaired) electrons. The van der Waals surface area contributed by atoms with Gasteiger partial charge in [-0.05, 0) is 42.8 Å². The molecule has 5 rings (SSSR count). The Balaban J connectivity index is 1.53. The second kappa shape index (κ2) is 10.3. The van der Waals surface area contributed by atoms with Gasteiger partial charge < -0.3 is 4.74 Å². The molecule has 1 saturated heterocycles. The molecule has 0 bridgehead atoms. The van der Waals surface area contributed by atoms with Crippen LogP contribution in [0.1, 0.15) is 18.1 Å². The Hall–Kier alpha value is -3.68. The van der Waals surface area contributed by atoms with Crippen LogP contribution in [-0.2, 0) is 11.3 Å². The molecule has 0 saturated carbocycles. The van der Waals surface area contributed by atoms with Crippen molar-refractivity contribution in [3.05, 3.63) is 107 Å². The van der Waals surface area contributed by atoms with Gasteiger partial charge in [0.15, 0.2) is 0 Å². The fourth-order valence-corrected chi connectivity index (χ4v) is 5.12. The van der Waals surface area contributed by atoms with Crippen molar-refractivity contribution in [2.45, 2.75) is 13.5 Å². The summed E-state index contributed by atoms with van der Waals surface area (Å²) < 4.78 is 8.09. The Bertz CT molecular complexity index is 1400. The van der Waals surface area contributed by atoms with Gasteiger partial charge in [-0.15, -0.1) is 0 Å². The van der Waals surface area contributed by atoms with Crippen LogP contribution >= 0.6 is 24.0 Å². The van der Waals surface area contributed by atoms with Crippen molar-refractivity contribution in [3.8, 4) is 22.7 Å². The van der Waals surface area contributed by atoms with E-state index in [1.54, 1.807) is 4.90 Å². The first-order chi connectivity index (χ1) is 17.1. The summed E-state index contributed by atoms with van der Waals surface area (Å²) in [5.41, 5.74) is 4.49. The van der Waals surface area contributed by atoms with Crippen molar-refractivity contribution in [1.82, 2.24) is 14.7 Å². The summed E-state index contributed by atoms with van der Waals surface area (Å²) in [6, 6.07) is 27.6. The quantitative estimate of drug-likeness (QED) is 0.220. The summed E-state index contributed by atoms with van der Waals surface area (Å²) in [6.07, 6.45) is 3.83. The van der Waals surface area contributed by atoms with Crippen LogP contribution < -0.4 is 4.74 Å². The number of para-hydroxylation sites is 1. The summed E-state index contributed by atoms with van der Waals surface area (Å²) in [4.78, 5) is 15.5. The minimum Gasteiger partial charge on any atom is -0.494 e. The van der Waals surface area contributed by atoms with E-state index in [1.807, 2.05) is 109 Å². The monoisotopic (exact) mass is 497 g/mol. The first kappa shape index (κ1) is 23.1. The molecule has 4 aromatic rings. The van der Waals surface area contributed by atoms with Crippen molar-refractivity contribution < 1.29 is 9.53 Å². The molecule has 35 heavy (non-hydrogen) atoms. The van der Waals surface area contributed by atoms with Crippen LogP contribution in [0.4, 0.5) is 0 Å². The van der Waals surface area contributed by atoms with Gasteiger partial charge in [0.25, 0.3) is 5.91 Å². The van der Waals surface area contributed by atoms with Gasteiger partial charge in [-0.25, -0.2) is 4.68 Å². The third-order valence-corrected chi connectivity index (χ3v) is 6.90. The number of carbonyl (C=O) groups is 1. The highest BCUT2D eigenvalue weighted by Gasteiger charge is 2.32. The van der Waals surface area contributed by atoms with Crippen LogP contribution in [-0.4, -0.2) is 31.5 Å². The molecule has 1 fully saturated rings. The van der Waals surface area contributed by atoms with Crippen LogP contribution in [0.5, 0.6) is 5.75 Å². The van der Waals surface area contributed by atoms with Crippen LogP contribution in [0.25, 0.3) is 23.0 Å². The van der Waals surface area contributed by atoms with Gasteiger partial charge in [-0.1, -0.05) is 84.6 Å². The van der Waals surface area contributed by atoms with Crippen molar-refractivity contribution >= 4 is 40.3 Å². The molecule has 1 aromatic heterocycles. The predicted octanol–water partition coefficient (Wildman–Crippen LogP) is 6.34. The van der Waals surface area contributed by atoms with Gasteiger partial charge in [0.1, 0.15) is 15.8 Å². The van der Waals surface area contributed by atoms with Crippen LogP contribution in [0.15, 0.2) is 96.0 Å². The number of benzene rings is 3. The van der Waals surface area contributed by atoms with Crippen LogP contribution in [0.3, 0.4) is 0 Å². The lowest BCUT2D eigenvalue weighted by atomic mass is 10.1. The molecule has 3 aromatic carbocycles. The number of amides is 1. The molecule has 1 amide bonds. The molecule has 0 atom stereocenters. The smallest absolute Gasteiger partial charge is 0.266 e. The number of rotatable bonds is 7. The highest BCUT2D eigenvalue weighted by molar-refractivity contribution is 8.26. The minimum absolute atomic E-state index is 0.0923. The van der Waals surface area contributed by atoms with E-state index in [-0.39, 0.29) is 5.91 Å². The van der Waals surface area contributed by atoms with Crippen LogP contribution in [0.2, 0.25) is 0 Å². The maximum absolute atomic E-state index is 13.3. The summed E-state index contributed by atoms with van der Waals surface area (Å²) in [5.74, 6) is 0.685. The average Bonchev–Trinajstić information content (AvgIpc) is 3.42. The Morgan fingerprint density at radius 3 is 2.49 bits per heavy atom. The fraction of sp³-hybridized carbons (Fsp3) is 0.107. The van der Waals surface area contributed by atoms with E-state index in [4.69, 9.17) is 22.1 Å². The predicted molar refractivity (Wildman–Crippen MR) is 145 cm³/mol. The number of thioether (sulfide) groups is 1. The normalized spacial score (nSPS) is 14.7. The van der Waals surface area contributed by atoms with E-state index >= 15 is 0 Å². The Labute approximate surface area is 214 Å². The zero-order valence-electron chi connectivity index (χ0n) is 19.1. The highest BCUT2D eigenvalue weighted by atomic mass is 32.2. The summed E-state index contributed by atoms with van der Waals surface area (Å²) in [6.45, 7) is 2.99. The van der Waals surface area contributed by atoms with E-state index < -0.39 is 0 Å². The molecule has 0 aliphatic carbocycles. The van der Waals surface area contributed by atoms with Gasteiger partial charge in [-0.2, -0.15) is 5.10 Å². The number of carbonyl (C=O) groups excluding carboxylic acids is 1. The van der Waals surface area contributed by atoms with E-state index in [0.717, 1.165) is 33.8 Å². The molecule has 2 heterocycles. The van der Waals surface area contributed by atoms with Crippen molar-refractivity contribution in [3.63, 3.8) is 0 Å². The summed E-state index contributed by atoms with van der Waals surface area (Å²) in [7, 11) is 0. The lowest BCUT2D eigenvalue weighted by molar-refractivity contribution is -0.122. The molecule has 0 N–H and O–H groups in total. The van der Waals surface area contributed by atoms with Gasteiger partial charge >= 0.3 is 0 Å². The standard InChI is InChI=1S/C28H23N3O2S2/c1-2-33-24-15-9-12-21(16-24)26-22(19-31(29-26)23-13-7-4-8-14-23)17-25-27(32)30(28(34)35-25)18-20-10-5-3-6-11-20/h3-17,19H,2,18H2,1H3. The minimum atomic E-state index is -0.0923. The third-order valence-electron chi connectivity index (χ3n) is 5.53. The van der Waals surface area contributed by atoms with Crippen LogP contribution in [0, 0.1) is 0 Å². The number of hydrogen-bond donors (Lipinski definition) is 0. The summed E-state index contributed by atoms with van der Waals surface area (Å²) >= 11 is 6.88. The second-order valence-electron chi connectivity index (χ2n) is 7.93. The molecule has 0 unspecified atom stereocenters. The lowest BCUT2D eigenvalue weighted by Gasteiger charge is -2.14. The maximum Gasteiger partial charge on any atom is 0.266 e. The van der Waals surface area contributed by atoms with Crippen molar-refractivity contribution in [2.24, 2.45) is 0 Å². The average molecular weight is 498 g/mol. The zero-order valence-corrected chi connectivity index (χ0v) is 20.8. The molecular formula is C28H23N3O2S2. The number of ether oxygens (including phenoxy) is 1. The van der Waals surface area contributed by atoms with Gasteiger partial charge in [0, 0.05) is 17.3 Å². The fourth-order valence-electron chi connectivity index (χ4n) is 3.87. The first-order valence-corrected chi connectivity index (χ1v) is 12.5. The largest absolute Gasteiger partial charge is 0.494 e. The number of nitrogens with zero attached hydrogens (tertiary/aromatic N) is 3. The molecule has 5 nitrogen and oxygen atoms in total. The van der Waals surface area contributed by atoms with E-state index in [0.29, 0.717) is 22.4 Å². The topological polar surface area (TPSA) is 47.4 Å². The molecule has 174 valence electrons. The number of aromatic nitrogens is 2. The Morgan fingerprint density at radius 2 is 1.74 bits per heavy atom. The maximum atomic E-state index is 13.3. The van der Waals surface area contributed by atoms with Gasteiger partial charge in [0.2, 0.25) is 0 Å². The zero-order chi connectivity index (χ0) is 24.2. The second-order valence-corrected chi connectivity index (χ2v) is 9.60. The summed E-state index contributed by atoms with van der Waals surface area (Å²) in [5, 5.41) is 4.87. The first-order valence-electron chi connectivity index (χ1n) is 11.3. The third kappa shape index (κ3) is 5.06. The SMILES string of the molecule is CCOc1cccc(-c2nn(-c3ccccc3)cc2C=C2SC(=S)N(Cc3ccccc3)C2=O)c1. The lowest BCUT2D eigenvalue weighted by Crippen LogP contribution is -2.27. The molecular weight excluding hydrogens is 474 g/mol. The van der Waals surface area contributed by atoms with Crippen molar-refractivity contribution in [2.75, 3.05) is 6.61 Å².